The van der Waals surface area contributed by atoms with Gasteiger partial charge in [-0.15, -0.1) is 0 Å². The van der Waals surface area contributed by atoms with Crippen molar-refractivity contribution in [3.05, 3.63) is 34.4 Å². The van der Waals surface area contributed by atoms with Crippen LogP contribution in [0.5, 0.6) is 0 Å². The number of aliphatic carboxylic acids is 1. The van der Waals surface area contributed by atoms with E-state index in [4.69, 9.17) is 10.8 Å². The van der Waals surface area contributed by atoms with E-state index in [9.17, 15) is 28.1 Å². The van der Waals surface area contributed by atoms with Crippen LogP contribution in [0, 0.1) is 10.1 Å². The Kier molecular flexibility index (Phi) is 6.16. The third-order valence-electron chi connectivity index (χ3n) is 2.82. The van der Waals surface area contributed by atoms with Crippen LogP contribution in [0.2, 0.25) is 0 Å². The van der Waals surface area contributed by atoms with Crippen molar-refractivity contribution in [2.45, 2.75) is 30.2 Å². The molecule has 0 radical (unpaired) electrons. The summed E-state index contributed by atoms with van der Waals surface area (Å²) in [5.41, 5.74) is 4.83. The number of carboxylic acid groups (broad SMARTS) is 1. The zero-order valence-electron chi connectivity index (χ0n) is 11.8. The Labute approximate surface area is 131 Å². The summed E-state index contributed by atoms with van der Waals surface area (Å²) in [7, 11) is -4.23. The largest absolute Gasteiger partial charge is 0.480 e. The van der Waals surface area contributed by atoms with E-state index in [0.29, 0.717) is 0 Å². The molecule has 10 nitrogen and oxygen atoms in total. The minimum atomic E-state index is -4.23. The number of sulfonamides is 1. The fraction of sp³-hybridized carbons (Fsp3) is 0.333. The Bertz CT molecular complexity index is 717. The third-order valence-corrected chi connectivity index (χ3v) is 4.19. The lowest BCUT2D eigenvalue weighted by Gasteiger charge is -2.08. The molecule has 0 fully saturated rings. The molecule has 11 heteroatoms. The summed E-state index contributed by atoms with van der Waals surface area (Å²) in [5.74, 6) is -2.07. The van der Waals surface area contributed by atoms with Crippen LogP contribution in [-0.2, 0) is 19.6 Å². The molecular formula is C12H15N3O7S. The smallest absolute Gasteiger partial charge is 0.320 e. The molecule has 0 bridgehead atoms. The number of non-ortho nitro benzene ring substituents is 1. The Morgan fingerprint density at radius 1 is 1.39 bits per heavy atom. The molecule has 0 aromatic heterocycles. The lowest BCUT2D eigenvalue weighted by Crippen LogP contribution is -2.32. The van der Waals surface area contributed by atoms with Crippen molar-refractivity contribution >= 4 is 27.6 Å². The van der Waals surface area contributed by atoms with Crippen molar-refractivity contribution in [2.75, 3.05) is 0 Å². The Morgan fingerprint density at radius 3 is 2.61 bits per heavy atom. The van der Waals surface area contributed by atoms with E-state index in [1.165, 1.54) is 6.07 Å². The van der Waals surface area contributed by atoms with Crippen LogP contribution in [0.25, 0.3) is 0 Å². The molecule has 1 amide bonds. The number of rotatable bonds is 8. The summed E-state index contributed by atoms with van der Waals surface area (Å²) < 4.78 is 25.7. The highest BCUT2D eigenvalue weighted by molar-refractivity contribution is 7.90. The second-order valence-corrected chi connectivity index (χ2v) is 6.30. The van der Waals surface area contributed by atoms with Crippen molar-refractivity contribution in [1.82, 2.24) is 4.72 Å². The number of carboxylic acids is 1. The van der Waals surface area contributed by atoms with E-state index in [1.54, 1.807) is 4.72 Å². The molecule has 0 aliphatic rings. The summed E-state index contributed by atoms with van der Waals surface area (Å²) in [4.78, 5) is 31.5. The Hall–Kier alpha value is -2.53. The predicted molar refractivity (Wildman–Crippen MR) is 77.9 cm³/mol. The summed E-state index contributed by atoms with van der Waals surface area (Å²) >= 11 is 0. The number of hydrogen-bond donors (Lipinski definition) is 3. The maximum atomic E-state index is 11.9. The van der Waals surface area contributed by atoms with Gasteiger partial charge in [-0.2, -0.15) is 0 Å². The zero-order chi connectivity index (χ0) is 17.6. The first kappa shape index (κ1) is 18.5. The Balaban J connectivity index is 2.68. The summed E-state index contributed by atoms with van der Waals surface area (Å²) in [6, 6.07) is 3.12. The second-order valence-electron chi connectivity index (χ2n) is 4.62. The van der Waals surface area contributed by atoms with Crippen LogP contribution in [-0.4, -0.2) is 36.4 Å². The van der Waals surface area contributed by atoms with Gasteiger partial charge in [0.25, 0.3) is 15.7 Å². The van der Waals surface area contributed by atoms with Crippen LogP contribution in [0.3, 0.4) is 0 Å². The van der Waals surface area contributed by atoms with Gasteiger partial charge in [-0.25, -0.2) is 13.1 Å². The van der Waals surface area contributed by atoms with Gasteiger partial charge in [0.05, 0.1) is 9.82 Å². The number of hydrogen-bond acceptors (Lipinski definition) is 7. The van der Waals surface area contributed by atoms with Gasteiger partial charge in [0.1, 0.15) is 6.04 Å². The van der Waals surface area contributed by atoms with Gasteiger partial charge in [-0.3, -0.25) is 19.7 Å². The highest BCUT2D eigenvalue weighted by atomic mass is 32.2. The van der Waals surface area contributed by atoms with Gasteiger partial charge >= 0.3 is 5.97 Å². The molecule has 0 saturated carbocycles. The van der Waals surface area contributed by atoms with Crippen molar-refractivity contribution in [1.29, 1.82) is 0 Å². The van der Waals surface area contributed by atoms with E-state index in [0.717, 1.165) is 18.2 Å². The number of nitro benzene ring substituents is 1. The molecule has 0 saturated heterocycles. The maximum Gasteiger partial charge on any atom is 0.320 e. The molecule has 1 aromatic carbocycles. The molecular weight excluding hydrogens is 330 g/mol. The van der Waals surface area contributed by atoms with E-state index < -0.39 is 43.4 Å². The van der Waals surface area contributed by atoms with Crippen molar-refractivity contribution in [3.8, 4) is 0 Å². The first-order chi connectivity index (χ1) is 10.6. The third kappa shape index (κ3) is 5.64. The van der Waals surface area contributed by atoms with Gasteiger partial charge in [0.2, 0.25) is 5.91 Å². The minimum absolute atomic E-state index is 0.0135. The molecule has 1 atom stereocenters. The fourth-order valence-corrected chi connectivity index (χ4v) is 2.68. The lowest BCUT2D eigenvalue weighted by atomic mass is 10.1. The normalized spacial score (nSPS) is 12.4. The molecule has 1 rings (SSSR count). The number of nitrogens with one attached hydrogen (secondary N) is 1. The van der Waals surface area contributed by atoms with Crippen LogP contribution in [0.4, 0.5) is 5.69 Å². The number of amides is 1. The molecule has 0 spiro atoms. The summed E-state index contributed by atoms with van der Waals surface area (Å²) in [5, 5.41) is 19.2. The predicted octanol–water partition coefficient (Wildman–Crippen LogP) is -0.0181. The van der Waals surface area contributed by atoms with E-state index in [-0.39, 0.29) is 19.3 Å². The van der Waals surface area contributed by atoms with Crippen molar-refractivity contribution < 1.29 is 28.0 Å². The highest BCUT2D eigenvalue weighted by Gasteiger charge is 2.20. The number of carbonyl (C=O) groups is 2. The zero-order valence-corrected chi connectivity index (χ0v) is 12.7. The quantitative estimate of drug-likeness (QED) is 0.436. The molecule has 4 N–H and O–H groups in total. The Morgan fingerprint density at radius 2 is 2.04 bits per heavy atom. The second kappa shape index (κ2) is 7.65. The molecule has 23 heavy (non-hydrogen) atoms. The molecule has 0 aliphatic heterocycles. The van der Waals surface area contributed by atoms with Gasteiger partial charge in [-0.1, -0.05) is 6.07 Å². The molecule has 1 aromatic rings. The van der Waals surface area contributed by atoms with Crippen molar-refractivity contribution in [3.63, 3.8) is 0 Å². The molecule has 1 unspecified atom stereocenters. The minimum Gasteiger partial charge on any atom is -0.480 e. The number of benzene rings is 1. The molecule has 0 aliphatic carbocycles. The van der Waals surface area contributed by atoms with Crippen molar-refractivity contribution in [2.24, 2.45) is 5.73 Å². The van der Waals surface area contributed by atoms with Crippen LogP contribution < -0.4 is 10.5 Å². The van der Waals surface area contributed by atoms with Gasteiger partial charge in [-0.05, 0) is 18.9 Å². The van der Waals surface area contributed by atoms with Crippen LogP contribution in [0.1, 0.15) is 19.3 Å². The van der Waals surface area contributed by atoms with E-state index in [1.807, 2.05) is 0 Å². The monoisotopic (exact) mass is 345 g/mol. The standard InChI is InChI=1S/C12H15N3O7S/c13-10(12(17)18)5-2-6-11(16)14-23(21,22)9-4-1-3-8(7-9)15(19)20/h1,3-4,7,10H,2,5-6,13H2,(H,14,16)(H,17,18). The number of nitrogens with two attached hydrogens (primary N) is 1. The average Bonchev–Trinajstić information content (AvgIpc) is 2.46. The van der Waals surface area contributed by atoms with Gasteiger partial charge < -0.3 is 10.8 Å². The van der Waals surface area contributed by atoms with E-state index >= 15 is 0 Å². The number of nitrogens with zero attached hydrogens (tertiary/aromatic N) is 1. The van der Waals surface area contributed by atoms with Crippen LogP contribution >= 0.6 is 0 Å². The SMILES string of the molecule is NC(CCCC(=O)NS(=O)(=O)c1cccc([N+](=O)[O-])c1)C(=O)O. The molecule has 0 heterocycles. The van der Waals surface area contributed by atoms with E-state index in [2.05, 4.69) is 0 Å². The first-order valence-corrected chi connectivity index (χ1v) is 7.90. The fourth-order valence-electron chi connectivity index (χ4n) is 1.63. The molecule has 126 valence electrons. The lowest BCUT2D eigenvalue weighted by molar-refractivity contribution is -0.385. The van der Waals surface area contributed by atoms with Crippen LogP contribution in [0.15, 0.2) is 29.2 Å². The number of nitro groups is 1. The summed E-state index contributed by atoms with van der Waals surface area (Å²) in [6.45, 7) is 0. The first-order valence-electron chi connectivity index (χ1n) is 6.42. The highest BCUT2D eigenvalue weighted by Crippen LogP contribution is 2.17. The number of carbonyl (C=O) groups excluding carboxylic acids is 1. The average molecular weight is 345 g/mol. The van der Waals surface area contributed by atoms with Gasteiger partial charge in [0, 0.05) is 18.6 Å². The topological polar surface area (TPSA) is 170 Å². The van der Waals surface area contributed by atoms with Gasteiger partial charge in [0.15, 0.2) is 0 Å². The summed E-state index contributed by atoms with van der Waals surface area (Å²) in [6.07, 6.45) is -0.140. The maximum absolute atomic E-state index is 11.9.